The zero-order valence-corrected chi connectivity index (χ0v) is 7.98. The van der Waals surface area contributed by atoms with Crippen molar-refractivity contribution in [1.82, 2.24) is 9.78 Å². The SMILES string of the molecule is Cc1cccc2c(C(=O)O)n(C)nc12. The Morgan fingerprint density at radius 1 is 1.50 bits per heavy atom. The third-order valence-corrected chi connectivity index (χ3v) is 2.27. The Morgan fingerprint density at radius 3 is 2.86 bits per heavy atom. The lowest BCUT2D eigenvalue weighted by Gasteiger charge is -1.94. The van der Waals surface area contributed by atoms with Crippen LogP contribution in [-0.2, 0) is 7.05 Å². The van der Waals surface area contributed by atoms with Gasteiger partial charge in [-0.15, -0.1) is 0 Å². The first-order chi connectivity index (χ1) is 6.61. The van der Waals surface area contributed by atoms with Crippen molar-refractivity contribution < 1.29 is 9.90 Å². The van der Waals surface area contributed by atoms with E-state index in [9.17, 15) is 4.79 Å². The average molecular weight is 190 g/mol. The molecule has 1 N–H and O–H groups in total. The molecule has 0 aliphatic heterocycles. The molecule has 14 heavy (non-hydrogen) atoms. The standard InChI is InChI=1S/C10H10N2O2/c1-6-4-3-5-7-8(6)11-12(2)9(7)10(13)14/h3-5H,1-2H3,(H,13,14). The molecule has 2 rings (SSSR count). The lowest BCUT2D eigenvalue weighted by Crippen LogP contribution is -2.05. The van der Waals surface area contributed by atoms with Gasteiger partial charge in [-0.05, 0) is 12.5 Å². The number of carboxylic acid groups (broad SMARTS) is 1. The summed E-state index contributed by atoms with van der Waals surface area (Å²) in [6, 6.07) is 5.53. The van der Waals surface area contributed by atoms with Crippen LogP contribution in [0.1, 0.15) is 16.1 Å². The normalized spacial score (nSPS) is 10.7. The highest BCUT2D eigenvalue weighted by Gasteiger charge is 2.15. The zero-order valence-electron chi connectivity index (χ0n) is 7.98. The number of aryl methyl sites for hydroxylation is 2. The fourth-order valence-corrected chi connectivity index (χ4v) is 1.61. The lowest BCUT2D eigenvalue weighted by atomic mass is 10.1. The molecule has 0 atom stereocenters. The second-order valence-corrected chi connectivity index (χ2v) is 3.25. The molecule has 1 heterocycles. The van der Waals surface area contributed by atoms with Crippen molar-refractivity contribution in [1.29, 1.82) is 0 Å². The molecule has 0 aliphatic carbocycles. The first kappa shape index (κ1) is 8.74. The zero-order chi connectivity index (χ0) is 10.3. The van der Waals surface area contributed by atoms with Crippen molar-refractivity contribution in [3.8, 4) is 0 Å². The van der Waals surface area contributed by atoms with Gasteiger partial charge in [0, 0.05) is 12.4 Å². The molecule has 0 amide bonds. The van der Waals surface area contributed by atoms with Crippen molar-refractivity contribution in [3.63, 3.8) is 0 Å². The fraction of sp³-hybridized carbons (Fsp3) is 0.200. The molecule has 1 aromatic heterocycles. The summed E-state index contributed by atoms with van der Waals surface area (Å²) in [7, 11) is 1.64. The summed E-state index contributed by atoms with van der Waals surface area (Å²) in [5.41, 5.74) is 1.99. The van der Waals surface area contributed by atoms with E-state index < -0.39 is 5.97 Å². The molecule has 0 spiro atoms. The van der Waals surface area contributed by atoms with E-state index in [1.807, 2.05) is 19.1 Å². The largest absolute Gasteiger partial charge is 0.477 e. The molecule has 1 aromatic carbocycles. The monoisotopic (exact) mass is 190 g/mol. The van der Waals surface area contributed by atoms with Crippen LogP contribution in [0.3, 0.4) is 0 Å². The maximum atomic E-state index is 10.9. The number of nitrogens with zero attached hydrogens (tertiary/aromatic N) is 2. The number of rotatable bonds is 1. The van der Waals surface area contributed by atoms with Crippen LogP contribution >= 0.6 is 0 Å². The van der Waals surface area contributed by atoms with Crippen LogP contribution in [0.4, 0.5) is 0 Å². The minimum absolute atomic E-state index is 0.240. The molecule has 0 radical (unpaired) electrons. The highest BCUT2D eigenvalue weighted by Crippen LogP contribution is 2.20. The number of hydrogen-bond acceptors (Lipinski definition) is 2. The van der Waals surface area contributed by atoms with Crippen molar-refractivity contribution in [3.05, 3.63) is 29.5 Å². The van der Waals surface area contributed by atoms with E-state index in [0.717, 1.165) is 11.1 Å². The van der Waals surface area contributed by atoms with Crippen LogP contribution in [-0.4, -0.2) is 20.9 Å². The highest BCUT2D eigenvalue weighted by atomic mass is 16.4. The number of fused-ring (bicyclic) bond motifs is 1. The molecule has 0 saturated carbocycles. The molecule has 0 bridgehead atoms. The second-order valence-electron chi connectivity index (χ2n) is 3.25. The summed E-state index contributed by atoms with van der Waals surface area (Å²) in [4.78, 5) is 10.9. The summed E-state index contributed by atoms with van der Waals surface area (Å²) in [5.74, 6) is -0.944. The van der Waals surface area contributed by atoms with Gasteiger partial charge in [0.25, 0.3) is 0 Å². The minimum atomic E-state index is -0.944. The molecule has 0 aliphatic rings. The van der Waals surface area contributed by atoms with Gasteiger partial charge in [-0.3, -0.25) is 4.68 Å². The number of aromatic nitrogens is 2. The van der Waals surface area contributed by atoms with Gasteiger partial charge < -0.3 is 5.11 Å². The highest BCUT2D eigenvalue weighted by molar-refractivity contribution is 6.02. The maximum Gasteiger partial charge on any atom is 0.354 e. The van der Waals surface area contributed by atoms with Gasteiger partial charge in [-0.1, -0.05) is 18.2 Å². The van der Waals surface area contributed by atoms with Crippen LogP contribution in [0.25, 0.3) is 10.9 Å². The summed E-state index contributed by atoms with van der Waals surface area (Å²) in [6.07, 6.45) is 0. The predicted molar refractivity (Wildman–Crippen MR) is 52.4 cm³/mol. The third-order valence-electron chi connectivity index (χ3n) is 2.27. The Balaban J connectivity index is 2.90. The van der Waals surface area contributed by atoms with E-state index in [2.05, 4.69) is 5.10 Å². The van der Waals surface area contributed by atoms with Crippen LogP contribution < -0.4 is 0 Å². The Morgan fingerprint density at radius 2 is 2.21 bits per heavy atom. The Bertz CT molecular complexity index is 514. The smallest absolute Gasteiger partial charge is 0.354 e. The number of carbonyl (C=O) groups is 1. The topological polar surface area (TPSA) is 55.1 Å². The molecule has 4 heteroatoms. The first-order valence-corrected chi connectivity index (χ1v) is 4.27. The summed E-state index contributed by atoms with van der Waals surface area (Å²) in [5, 5.41) is 13.8. The molecule has 4 nitrogen and oxygen atoms in total. The molecule has 0 saturated heterocycles. The van der Waals surface area contributed by atoms with E-state index in [-0.39, 0.29) is 5.69 Å². The first-order valence-electron chi connectivity index (χ1n) is 4.27. The van der Waals surface area contributed by atoms with E-state index in [1.165, 1.54) is 4.68 Å². The number of carboxylic acids is 1. The van der Waals surface area contributed by atoms with E-state index >= 15 is 0 Å². The van der Waals surface area contributed by atoms with E-state index in [4.69, 9.17) is 5.11 Å². The number of hydrogen-bond donors (Lipinski definition) is 1. The van der Waals surface area contributed by atoms with Crippen molar-refractivity contribution in [2.45, 2.75) is 6.92 Å². The number of benzene rings is 1. The van der Waals surface area contributed by atoms with Gasteiger partial charge in [0.15, 0.2) is 5.69 Å². The van der Waals surface area contributed by atoms with Crippen LogP contribution in [0.2, 0.25) is 0 Å². The van der Waals surface area contributed by atoms with Gasteiger partial charge in [-0.25, -0.2) is 4.79 Å². The Labute approximate surface area is 80.8 Å². The molecular formula is C10H10N2O2. The summed E-state index contributed by atoms with van der Waals surface area (Å²) in [6.45, 7) is 1.92. The van der Waals surface area contributed by atoms with Gasteiger partial charge in [0.2, 0.25) is 0 Å². The van der Waals surface area contributed by atoms with Gasteiger partial charge in [0.1, 0.15) is 0 Å². The van der Waals surface area contributed by atoms with Crippen LogP contribution in [0.5, 0.6) is 0 Å². The summed E-state index contributed by atoms with van der Waals surface area (Å²) >= 11 is 0. The van der Waals surface area contributed by atoms with Gasteiger partial charge in [0.05, 0.1) is 5.52 Å². The van der Waals surface area contributed by atoms with Gasteiger partial charge in [-0.2, -0.15) is 5.10 Å². The average Bonchev–Trinajstić information content (AvgIpc) is 2.42. The van der Waals surface area contributed by atoms with Gasteiger partial charge >= 0.3 is 5.97 Å². The molecule has 0 fully saturated rings. The van der Waals surface area contributed by atoms with E-state index in [1.54, 1.807) is 13.1 Å². The quantitative estimate of drug-likeness (QED) is 0.742. The second kappa shape index (κ2) is 2.83. The maximum absolute atomic E-state index is 10.9. The van der Waals surface area contributed by atoms with Crippen molar-refractivity contribution in [2.24, 2.45) is 7.05 Å². The minimum Gasteiger partial charge on any atom is -0.477 e. The Kier molecular flexibility index (Phi) is 1.77. The fourth-order valence-electron chi connectivity index (χ4n) is 1.61. The molecule has 2 aromatic rings. The van der Waals surface area contributed by atoms with Crippen molar-refractivity contribution in [2.75, 3.05) is 0 Å². The Hall–Kier alpha value is -1.84. The van der Waals surface area contributed by atoms with Crippen LogP contribution in [0, 0.1) is 6.92 Å². The predicted octanol–water partition coefficient (Wildman–Crippen LogP) is 1.58. The third kappa shape index (κ3) is 1.08. The molecule has 72 valence electrons. The number of aromatic carboxylic acids is 1. The van der Waals surface area contributed by atoms with E-state index in [0.29, 0.717) is 5.39 Å². The molecular weight excluding hydrogens is 180 g/mol. The molecule has 0 unspecified atom stereocenters. The van der Waals surface area contributed by atoms with Crippen LogP contribution in [0.15, 0.2) is 18.2 Å². The van der Waals surface area contributed by atoms with Crippen molar-refractivity contribution >= 4 is 16.9 Å². The lowest BCUT2D eigenvalue weighted by molar-refractivity contribution is 0.0687. The summed E-state index contributed by atoms with van der Waals surface area (Å²) < 4.78 is 1.40.